The SMILES string of the molecule is CCCCCCCC/C=C\CCCCCCCC(=O)NC(COC1OC(CO)C(O)C(O)C1O)C(O)/C=C/CC/C=C/CCCCCCCCCC. The molecule has 52 heavy (non-hydrogen) atoms. The van der Waals surface area contributed by atoms with Gasteiger partial charge in [0.25, 0.3) is 0 Å². The zero-order valence-electron chi connectivity index (χ0n) is 33.1. The Morgan fingerprint density at radius 3 is 1.62 bits per heavy atom. The van der Waals surface area contributed by atoms with Crippen LogP contribution in [0.4, 0.5) is 0 Å². The van der Waals surface area contributed by atoms with E-state index in [1.54, 1.807) is 6.08 Å². The van der Waals surface area contributed by atoms with Crippen molar-refractivity contribution in [2.45, 2.75) is 217 Å². The standard InChI is InChI=1S/C43H79NO8/c1-3-5-7-9-11-13-15-17-19-21-23-25-27-29-31-33-39(47)44-36(35-51-43-42(50)41(49)40(48)38(34-45)52-43)37(46)32-30-28-26-24-22-20-18-16-14-12-10-8-6-4-2/h17,19,22,24,30,32,36-38,40-43,45-46,48-50H,3-16,18,20-21,23,25-29,31,33-35H2,1-2H3,(H,44,47)/b19-17-,24-22+,32-30+. The van der Waals surface area contributed by atoms with Gasteiger partial charge < -0.3 is 40.3 Å². The van der Waals surface area contributed by atoms with E-state index in [1.807, 2.05) is 6.08 Å². The van der Waals surface area contributed by atoms with Crippen LogP contribution in [0.1, 0.15) is 174 Å². The topological polar surface area (TPSA) is 149 Å². The third-order valence-corrected chi connectivity index (χ3v) is 9.94. The lowest BCUT2D eigenvalue weighted by atomic mass is 9.99. The van der Waals surface area contributed by atoms with Gasteiger partial charge in [0.2, 0.25) is 5.91 Å². The maximum atomic E-state index is 12.9. The molecule has 7 atom stereocenters. The summed E-state index contributed by atoms with van der Waals surface area (Å²) in [5.41, 5.74) is 0. The minimum Gasteiger partial charge on any atom is -0.394 e. The highest BCUT2D eigenvalue weighted by Crippen LogP contribution is 2.22. The van der Waals surface area contributed by atoms with Gasteiger partial charge in [-0.05, 0) is 57.8 Å². The molecule has 1 heterocycles. The van der Waals surface area contributed by atoms with Crippen LogP contribution < -0.4 is 5.32 Å². The summed E-state index contributed by atoms with van der Waals surface area (Å²) in [4.78, 5) is 12.9. The van der Waals surface area contributed by atoms with Crippen molar-refractivity contribution in [1.82, 2.24) is 5.32 Å². The van der Waals surface area contributed by atoms with E-state index in [2.05, 4.69) is 43.5 Å². The predicted octanol–water partition coefficient (Wildman–Crippen LogP) is 8.11. The lowest BCUT2D eigenvalue weighted by molar-refractivity contribution is -0.302. The summed E-state index contributed by atoms with van der Waals surface area (Å²) in [5, 5.41) is 54.0. The maximum Gasteiger partial charge on any atom is 0.220 e. The second-order valence-corrected chi connectivity index (χ2v) is 14.8. The highest BCUT2D eigenvalue weighted by molar-refractivity contribution is 5.76. The van der Waals surface area contributed by atoms with Gasteiger partial charge >= 0.3 is 0 Å². The fourth-order valence-electron chi connectivity index (χ4n) is 6.46. The van der Waals surface area contributed by atoms with E-state index in [0.29, 0.717) is 6.42 Å². The van der Waals surface area contributed by atoms with Gasteiger partial charge in [-0.3, -0.25) is 4.79 Å². The molecule has 304 valence electrons. The van der Waals surface area contributed by atoms with Crippen LogP contribution in [0.25, 0.3) is 0 Å². The minimum absolute atomic E-state index is 0.198. The summed E-state index contributed by atoms with van der Waals surface area (Å²) in [5.74, 6) is -0.198. The summed E-state index contributed by atoms with van der Waals surface area (Å²) < 4.78 is 11.2. The van der Waals surface area contributed by atoms with Crippen molar-refractivity contribution >= 4 is 5.91 Å². The van der Waals surface area contributed by atoms with Crippen LogP contribution >= 0.6 is 0 Å². The molecule has 7 unspecified atom stereocenters. The first-order valence-corrected chi connectivity index (χ1v) is 21.2. The van der Waals surface area contributed by atoms with Gasteiger partial charge in [-0.1, -0.05) is 147 Å². The van der Waals surface area contributed by atoms with Crippen LogP contribution in [0.2, 0.25) is 0 Å². The van der Waals surface area contributed by atoms with Crippen LogP contribution in [0, 0.1) is 0 Å². The van der Waals surface area contributed by atoms with E-state index in [0.717, 1.165) is 57.8 Å². The van der Waals surface area contributed by atoms with E-state index < -0.39 is 49.5 Å². The number of ether oxygens (including phenoxy) is 2. The molecular formula is C43H79NO8. The molecule has 0 aromatic carbocycles. The van der Waals surface area contributed by atoms with Crippen LogP contribution in [0.5, 0.6) is 0 Å². The van der Waals surface area contributed by atoms with E-state index in [1.165, 1.54) is 96.3 Å². The number of unbranched alkanes of at least 4 members (excludes halogenated alkanes) is 20. The van der Waals surface area contributed by atoms with E-state index >= 15 is 0 Å². The Balaban J connectivity index is 2.44. The summed E-state index contributed by atoms with van der Waals surface area (Å²) in [7, 11) is 0. The molecule has 1 aliphatic heterocycles. The van der Waals surface area contributed by atoms with Gasteiger partial charge in [0.1, 0.15) is 24.4 Å². The molecule has 0 spiro atoms. The molecule has 9 nitrogen and oxygen atoms in total. The average Bonchev–Trinajstić information content (AvgIpc) is 3.14. The molecule has 1 fully saturated rings. The van der Waals surface area contributed by atoms with Gasteiger partial charge in [0.15, 0.2) is 6.29 Å². The Labute approximate surface area is 317 Å². The van der Waals surface area contributed by atoms with Gasteiger partial charge in [0, 0.05) is 6.42 Å². The summed E-state index contributed by atoms with van der Waals surface area (Å²) >= 11 is 0. The molecule has 0 saturated carbocycles. The summed E-state index contributed by atoms with van der Waals surface area (Å²) in [6, 6.07) is -0.822. The number of hydrogen-bond donors (Lipinski definition) is 6. The summed E-state index contributed by atoms with van der Waals surface area (Å²) in [6.45, 7) is 3.72. The Morgan fingerprint density at radius 1 is 0.635 bits per heavy atom. The molecule has 1 aliphatic rings. The largest absolute Gasteiger partial charge is 0.394 e. The second kappa shape index (κ2) is 33.9. The number of allylic oxidation sites excluding steroid dienone is 5. The molecule has 0 aromatic rings. The normalized spacial score (nSPS) is 22.2. The number of aliphatic hydroxyl groups is 5. The Bertz CT molecular complexity index is 910. The van der Waals surface area contributed by atoms with Crippen molar-refractivity contribution < 1.29 is 39.8 Å². The number of nitrogens with one attached hydrogen (secondary N) is 1. The van der Waals surface area contributed by atoms with E-state index in [4.69, 9.17) is 9.47 Å². The zero-order valence-corrected chi connectivity index (χ0v) is 33.1. The zero-order chi connectivity index (χ0) is 38.1. The van der Waals surface area contributed by atoms with E-state index in [9.17, 15) is 30.3 Å². The monoisotopic (exact) mass is 738 g/mol. The number of amides is 1. The first kappa shape index (κ1) is 48.4. The smallest absolute Gasteiger partial charge is 0.220 e. The van der Waals surface area contributed by atoms with Crippen molar-refractivity contribution in [3.05, 3.63) is 36.5 Å². The lowest BCUT2D eigenvalue weighted by Crippen LogP contribution is -2.60. The minimum atomic E-state index is -1.57. The van der Waals surface area contributed by atoms with Gasteiger partial charge in [-0.15, -0.1) is 0 Å². The van der Waals surface area contributed by atoms with Gasteiger partial charge in [-0.2, -0.15) is 0 Å². The molecule has 0 radical (unpaired) electrons. The second-order valence-electron chi connectivity index (χ2n) is 14.8. The van der Waals surface area contributed by atoms with Gasteiger partial charge in [0.05, 0.1) is 25.4 Å². The number of rotatable bonds is 34. The summed E-state index contributed by atoms with van der Waals surface area (Å²) in [6.07, 6.45) is 33.3. The number of carbonyl (C=O) groups is 1. The van der Waals surface area contributed by atoms with Gasteiger partial charge in [-0.25, -0.2) is 0 Å². The maximum absolute atomic E-state index is 12.9. The average molecular weight is 738 g/mol. The Morgan fingerprint density at radius 2 is 1.10 bits per heavy atom. The molecular weight excluding hydrogens is 658 g/mol. The fourth-order valence-corrected chi connectivity index (χ4v) is 6.46. The molecule has 0 bridgehead atoms. The molecule has 0 aromatic heterocycles. The molecule has 0 aliphatic carbocycles. The molecule has 1 saturated heterocycles. The Hall–Kier alpha value is -1.59. The van der Waals surface area contributed by atoms with Crippen LogP contribution in [0.15, 0.2) is 36.5 Å². The molecule has 1 rings (SSSR count). The lowest BCUT2D eigenvalue weighted by Gasteiger charge is -2.40. The third-order valence-electron chi connectivity index (χ3n) is 9.94. The molecule has 1 amide bonds. The number of carbonyl (C=O) groups excluding carboxylic acids is 1. The molecule has 6 N–H and O–H groups in total. The quantitative estimate of drug-likeness (QED) is 0.0287. The van der Waals surface area contributed by atoms with Crippen molar-refractivity contribution in [3.8, 4) is 0 Å². The van der Waals surface area contributed by atoms with Crippen molar-refractivity contribution in [2.24, 2.45) is 0 Å². The predicted molar refractivity (Wildman–Crippen MR) is 212 cm³/mol. The number of aliphatic hydroxyl groups excluding tert-OH is 5. The van der Waals surface area contributed by atoms with Crippen molar-refractivity contribution in [1.29, 1.82) is 0 Å². The van der Waals surface area contributed by atoms with E-state index in [-0.39, 0.29) is 12.5 Å². The van der Waals surface area contributed by atoms with Crippen LogP contribution in [-0.4, -0.2) is 87.5 Å². The molecule has 9 heteroatoms. The van der Waals surface area contributed by atoms with Crippen LogP contribution in [-0.2, 0) is 14.3 Å². The van der Waals surface area contributed by atoms with Crippen LogP contribution in [0.3, 0.4) is 0 Å². The Kier molecular flexibility index (Phi) is 31.6. The first-order chi connectivity index (χ1) is 25.3. The number of hydrogen-bond acceptors (Lipinski definition) is 8. The fraction of sp³-hybridized carbons (Fsp3) is 0.837. The van der Waals surface area contributed by atoms with Crippen molar-refractivity contribution in [2.75, 3.05) is 13.2 Å². The van der Waals surface area contributed by atoms with Crippen molar-refractivity contribution in [3.63, 3.8) is 0 Å². The highest BCUT2D eigenvalue weighted by atomic mass is 16.7. The first-order valence-electron chi connectivity index (χ1n) is 21.2. The highest BCUT2D eigenvalue weighted by Gasteiger charge is 2.44. The third kappa shape index (κ3) is 24.7.